The van der Waals surface area contributed by atoms with Gasteiger partial charge >= 0.3 is 0 Å². The quantitative estimate of drug-likeness (QED) is 0.652. The standard InChI is InChI=1S/C10H5ClN2S2/c11-10-12-9(15-13-10)8-5-6-3-1-2-4-7(6)14-8/h1-5H. The summed E-state index contributed by atoms with van der Waals surface area (Å²) in [5.74, 6) is 0. The van der Waals surface area contributed by atoms with Crippen molar-refractivity contribution >= 4 is 44.6 Å². The minimum atomic E-state index is 0.326. The van der Waals surface area contributed by atoms with Gasteiger partial charge < -0.3 is 0 Å². The first-order valence-corrected chi connectivity index (χ1v) is 6.28. The molecule has 74 valence electrons. The normalized spacial score (nSPS) is 11.0. The van der Waals surface area contributed by atoms with E-state index >= 15 is 0 Å². The second-order valence-electron chi connectivity index (χ2n) is 3.02. The minimum Gasteiger partial charge on any atom is -0.204 e. The molecule has 0 bridgehead atoms. The van der Waals surface area contributed by atoms with E-state index in [1.165, 1.54) is 21.6 Å². The molecular weight excluding hydrogens is 248 g/mol. The van der Waals surface area contributed by atoms with E-state index in [9.17, 15) is 0 Å². The number of thiophene rings is 1. The largest absolute Gasteiger partial charge is 0.234 e. The molecule has 15 heavy (non-hydrogen) atoms. The highest BCUT2D eigenvalue weighted by Gasteiger charge is 2.08. The summed E-state index contributed by atoms with van der Waals surface area (Å²) in [5, 5.41) is 2.46. The Bertz CT molecular complexity index is 581. The summed E-state index contributed by atoms with van der Waals surface area (Å²) in [6, 6.07) is 10.4. The summed E-state index contributed by atoms with van der Waals surface area (Å²) in [4.78, 5) is 5.28. The molecule has 0 radical (unpaired) electrons. The van der Waals surface area contributed by atoms with E-state index in [0.29, 0.717) is 5.28 Å². The first-order chi connectivity index (χ1) is 7.33. The first kappa shape index (κ1) is 9.27. The van der Waals surface area contributed by atoms with Gasteiger partial charge in [-0.25, -0.2) is 4.98 Å². The number of fused-ring (bicyclic) bond motifs is 1. The Labute approximate surface area is 99.3 Å². The molecule has 0 amide bonds. The van der Waals surface area contributed by atoms with Gasteiger partial charge in [0.15, 0.2) is 5.01 Å². The van der Waals surface area contributed by atoms with Crippen LogP contribution in [-0.2, 0) is 0 Å². The second kappa shape index (κ2) is 3.56. The van der Waals surface area contributed by atoms with Crippen molar-refractivity contribution in [2.24, 2.45) is 0 Å². The molecule has 1 aromatic carbocycles. The third kappa shape index (κ3) is 1.65. The maximum atomic E-state index is 5.70. The third-order valence-corrected chi connectivity index (χ3v) is 4.31. The van der Waals surface area contributed by atoms with Crippen LogP contribution < -0.4 is 0 Å². The van der Waals surface area contributed by atoms with Gasteiger partial charge in [0.05, 0.1) is 4.88 Å². The molecule has 2 heterocycles. The Balaban J connectivity index is 2.19. The Kier molecular flexibility index (Phi) is 2.20. The summed E-state index contributed by atoms with van der Waals surface area (Å²) in [6.07, 6.45) is 0. The molecule has 2 nitrogen and oxygen atoms in total. The molecule has 3 rings (SSSR count). The lowest BCUT2D eigenvalue weighted by Crippen LogP contribution is -1.66. The van der Waals surface area contributed by atoms with Crippen LogP contribution in [0, 0.1) is 0 Å². The van der Waals surface area contributed by atoms with Gasteiger partial charge in [0.2, 0.25) is 5.28 Å². The topological polar surface area (TPSA) is 25.8 Å². The van der Waals surface area contributed by atoms with Gasteiger partial charge in [0.25, 0.3) is 0 Å². The Morgan fingerprint density at radius 3 is 2.80 bits per heavy atom. The van der Waals surface area contributed by atoms with Gasteiger partial charge in [-0.15, -0.1) is 11.3 Å². The molecule has 0 unspecified atom stereocenters. The lowest BCUT2D eigenvalue weighted by atomic mass is 10.2. The molecule has 0 aliphatic carbocycles. The minimum absolute atomic E-state index is 0.326. The zero-order valence-electron chi connectivity index (χ0n) is 7.48. The van der Waals surface area contributed by atoms with Gasteiger partial charge in [-0.05, 0) is 40.7 Å². The van der Waals surface area contributed by atoms with Crippen LogP contribution in [-0.4, -0.2) is 9.36 Å². The lowest BCUT2D eigenvalue weighted by Gasteiger charge is -1.82. The fourth-order valence-electron chi connectivity index (χ4n) is 1.39. The summed E-state index contributed by atoms with van der Waals surface area (Å²) in [7, 11) is 0. The molecule has 0 spiro atoms. The lowest BCUT2D eigenvalue weighted by molar-refractivity contribution is 1.34. The van der Waals surface area contributed by atoms with Crippen molar-refractivity contribution in [1.29, 1.82) is 0 Å². The first-order valence-electron chi connectivity index (χ1n) is 4.31. The molecular formula is C10H5ClN2S2. The average Bonchev–Trinajstić information content (AvgIpc) is 2.82. The molecule has 3 aromatic rings. The molecule has 0 atom stereocenters. The van der Waals surface area contributed by atoms with E-state index in [1.807, 2.05) is 12.1 Å². The number of rotatable bonds is 1. The average molecular weight is 253 g/mol. The summed E-state index contributed by atoms with van der Waals surface area (Å²) in [6.45, 7) is 0. The van der Waals surface area contributed by atoms with E-state index in [1.54, 1.807) is 11.3 Å². The molecule has 0 aliphatic heterocycles. The maximum Gasteiger partial charge on any atom is 0.234 e. The molecule has 0 fully saturated rings. The highest BCUT2D eigenvalue weighted by atomic mass is 35.5. The summed E-state index contributed by atoms with van der Waals surface area (Å²) < 4.78 is 5.23. The van der Waals surface area contributed by atoms with Gasteiger partial charge in [0.1, 0.15) is 0 Å². The van der Waals surface area contributed by atoms with Gasteiger partial charge in [-0.1, -0.05) is 18.2 Å². The second-order valence-corrected chi connectivity index (χ2v) is 5.19. The van der Waals surface area contributed by atoms with E-state index < -0.39 is 0 Å². The van der Waals surface area contributed by atoms with E-state index in [4.69, 9.17) is 11.6 Å². The predicted molar refractivity (Wildman–Crippen MR) is 65.7 cm³/mol. The van der Waals surface area contributed by atoms with Gasteiger partial charge in [0, 0.05) is 4.70 Å². The van der Waals surface area contributed by atoms with Crippen LogP contribution in [0.2, 0.25) is 5.28 Å². The maximum absolute atomic E-state index is 5.70. The zero-order chi connectivity index (χ0) is 10.3. The zero-order valence-corrected chi connectivity index (χ0v) is 9.86. The number of aromatic nitrogens is 2. The van der Waals surface area contributed by atoms with Crippen LogP contribution in [0.4, 0.5) is 0 Å². The van der Waals surface area contributed by atoms with Crippen LogP contribution in [0.25, 0.3) is 20.0 Å². The fourth-order valence-corrected chi connectivity index (χ4v) is 3.29. The van der Waals surface area contributed by atoms with E-state index in [-0.39, 0.29) is 0 Å². The highest BCUT2D eigenvalue weighted by Crippen LogP contribution is 2.34. The molecule has 0 aliphatic rings. The van der Waals surface area contributed by atoms with Crippen molar-refractivity contribution in [2.75, 3.05) is 0 Å². The van der Waals surface area contributed by atoms with Crippen molar-refractivity contribution < 1.29 is 0 Å². The Hall–Kier alpha value is -0.970. The van der Waals surface area contributed by atoms with Crippen molar-refractivity contribution in [3.8, 4) is 9.88 Å². The number of nitrogens with zero attached hydrogens (tertiary/aromatic N) is 2. The summed E-state index contributed by atoms with van der Waals surface area (Å²) >= 11 is 8.75. The predicted octanol–water partition coefficient (Wildman–Crippen LogP) is 4.07. The van der Waals surface area contributed by atoms with E-state index in [2.05, 4.69) is 27.6 Å². The van der Waals surface area contributed by atoms with Gasteiger partial charge in [-0.2, -0.15) is 4.37 Å². The van der Waals surface area contributed by atoms with Crippen molar-refractivity contribution in [2.45, 2.75) is 0 Å². The number of hydrogen-bond donors (Lipinski definition) is 0. The van der Waals surface area contributed by atoms with E-state index in [0.717, 1.165) is 9.88 Å². The molecule has 0 N–H and O–H groups in total. The molecule has 5 heteroatoms. The van der Waals surface area contributed by atoms with Gasteiger partial charge in [-0.3, -0.25) is 0 Å². The Morgan fingerprint density at radius 1 is 1.20 bits per heavy atom. The van der Waals surface area contributed by atoms with Crippen LogP contribution in [0.15, 0.2) is 30.3 Å². The number of hydrogen-bond acceptors (Lipinski definition) is 4. The van der Waals surface area contributed by atoms with Crippen molar-refractivity contribution in [1.82, 2.24) is 9.36 Å². The SMILES string of the molecule is Clc1nsc(-c2cc3ccccc3s2)n1. The van der Waals surface area contributed by atoms with Crippen LogP contribution in [0.3, 0.4) is 0 Å². The fraction of sp³-hybridized carbons (Fsp3) is 0. The number of halogens is 1. The van der Waals surface area contributed by atoms with Crippen molar-refractivity contribution in [3.05, 3.63) is 35.6 Å². The highest BCUT2D eigenvalue weighted by molar-refractivity contribution is 7.24. The van der Waals surface area contributed by atoms with Crippen LogP contribution in [0.5, 0.6) is 0 Å². The summed E-state index contributed by atoms with van der Waals surface area (Å²) in [5.41, 5.74) is 0. The number of benzene rings is 1. The molecule has 0 saturated carbocycles. The molecule has 0 saturated heterocycles. The van der Waals surface area contributed by atoms with Crippen molar-refractivity contribution in [3.63, 3.8) is 0 Å². The monoisotopic (exact) mass is 252 g/mol. The third-order valence-electron chi connectivity index (χ3n) is 2.04. The smallest absolute Gasteiger partial charge is 0.204 e. The Morgan fingerprint density at radius 2 is 2.07 bits per heavy atom. The van der Waals surface area contributed by atoms with Crippen LogP contribution in [0.1, 0.15) is 0 Å². The van der Waals surface area contributed by atoms with Crippen LogP contribution >= 0.6 is 34.5 Å². The molecule has 2 aromatic heterocycles.